The van der Waals surface area contributed by atoms with Crippen LogP contribution in [0.4, 0.5) is 0 Å². The van der Waals surface area contributed by atoms with Gasteiger partial charge in [0.05, 0.1) is 13.0 Å². The molecule has 5 nitrogen and oxygen atoms in total. The second kappa shape index (κ2) is 5.93. The molecule has 1 aromatic carbocycles. The topological polar surface area (TPSA) is 56.8 Å². The molecule has 0 amide bonds. The van der Waals surface area contributed by atoms with Crippen LogP contribution in [0.25, 0.3) is 0 Å². The number of benzene rings is 1. The fraction of sp³-hybridized carbons (Fsp3) is 0.562. The first-order chi connectivity index (χ1) is 10.2. The lowest BCUT2D eigenvalue weighted by atomic mass is 9.96. The second-order valence-electron chi connectivity index (χ2n) is 5.80. The average Bonchev–Trinajstić information content (AvgIpc) is 2.44. The molecule has 21 heavy (non-hydrogen) atoms. The fourth-order valence-electron chi connectivity index (χ4n) is 2.70. The summed E-state index contributed by atoms with van der Waals surface area (Å²) < 4.78 is 16.6. The van der Waals surface area contributed by atoms with Crippen molar-refractivity contribution in [3.8, 4) is 11.5 Å². The van der Waals surface area contributed by atoms with Gasteiger partial charge in [-0.25, -0.2) is 0 Å². The zero-order valence-electron chi connectivity index (χ0n) is 12.4. The van der Waals surface area contributed by atoms with Gasteiger partial charge in [0.1, 0.15) is 12.7 Å². The highest BCUT2D eigenvalue weighted by Gasteiger charge is 2.32. The average molecular weight is 291 g/mol. The molecule has 1 saturated heterocycles. The van der Waals surface area contributed by atoms with Gasteiger partial charge in [-0.05, 0) is 24.1 Å². The Morgan fingerprint density at radius 3 is 2.90 bits per heavy atom. The Kier molecular flexibility index (Phi) is 4.01. The van der Waals surface area contributed by atoms with Crippen LogP contribution in [-0.2, 0) is 16.0 Å². The first-order valence-corrected chi connectivity index (χ1v) is 7.38. The summed E-state index contributed by atoms with van der Waals surface area (Å²) in [4.78, 5) is 11.5. The molecule has 2 aliphatic heterocycles. The molecular formula is C16H21NO4. The Morgan fingerprint density at radius 1 is 1.43 bits per heavy atom. The summed E-state index contributed by atoms with van der Waals surface area (Å²) >= 11 is 0. The number of methoxy groups -OCH3 is 1. The van der Waals surface area contributed by atoms with Gasteiger partial charge >= 0.3 is 5.97 Å². The van der Waals surface area contributed by atoms with Crippen LogP contribution < -0.4 is 14.8 Å². The maximum Gasteiger partial charge on any atom is 0.308 e. The largest absolute Gasteiger partial charge is 0.486 e. The minimum atomic E-state index is -0.191. The van der Waals surface area contributed by atoms with Crippen molar-refractivity contribution in [3.05, 3.63) is 23.8 Å². The summed E-state index contributed by atoms with van der Waals surface area (Å²) in [5.41, 5.74) is 1.06. The summed E-state index contributed by atoms with van der Waals surface area (Å²) in [5, 5.41) is 3.25. The predicted molar refractivity (Wildman–Crippen MR) is 77.6 cm³/mol. The van der Waals surface area contributed by atoms with Gasteiger partial charge in [0, 0.05) is 19.0 Å². The van der Waals surface area contributed by atoms with Crippen molar-refractivity contribution >= 4 is 5.97 Å². The minimum absolute atomic E-state index is 0.118. The molecule has 0 radical (unpaired) electrons. The van der Waals surface area contributed by atoms with Crippen molar-refractivity contribution in [2.75, 3.05) is 26.8 Å². The molecule has 3 rings (SSSR count). The van der Waals surface area contributed by atoms with Crippen LogP contribution in [0.5, 0.6) is 11.5 Å². The number of nitrogens with one attached hydrogen (secondary N) is 1. The molecule has 114 valence electrons. The van der Waals surface area contributed by atoms with Crippen molar-refractivity contribution in [2.24, 2.45) is 11.8 Å². The van der Waals surface area contributed by atoms with E-state index in [4.69, 9.17) is 14.2 Å². The molecule has 1 N–H and O–H groups in total. The Balaban J connectivity index is 1.70. The van der Waals surface area contributed by atoms with E-state index < -0.39 is 0 Å². The highest BCUT2D eigenvalue weighted by atomic mass is 16.6. The van der Waals surface area contributed by atoms with Crippen molar-refractivity contribution in [1.82, 2.24) is 5.32 Å². The van der Waals surface area contributed by atoms with Gasteiger partial charge in [0.15, 0.2) is 11.5 Å². The number of rotatable bonds is 4. The number of ether oxygens (including phenoxy) is 3. The lowest BCUT2D eigenvalue weighted by Gasteiger charge is -2.37. The van der Waals surface area contributed by atoms with Gasteiger partial charge < -0.3 is 19.5 Å². The van der Waals surface area contributed by atoms with Gasteiger partial charge in [-0.3, -0.25) is 4.79 Å². The van der Waals surface area contributed by atoms with E-state index in [1.54, 1.807) is 0 Å². The molecule has 0 aliphatic carbocycles. The van der Waals surface area contributed by atoms with Crippen LogP contribution in [0.2, 0.25) is 0 Å². The summed E-state index contributed by atoms with van der Waals surface area (Å²) in [7, 11) is 1.42. The van der Waals surface area contributed by atoms with Gasteiger partial charge in [-0.15, -0.1) is 0 Å². The van der Waals surface area contributed by atoms with Crippen molar-refractivity contribution in [2.45, 2.75) is 19.4 Å². The molecule has 0 bridgehead atoms. The maximum atomic E-state index is 11.5. The maximum absolute atomic E-state index is 11.5. The monoisotopic (exact) mass is 291 g/mol. The van der Waals surface area contributed by atoms with Crippen LogP contribution in [0.3, 0.4) is 0 Å². The molecule has 0 spiro atoms. The molecule has 2 atom stereocenters. The number of hydrogen-bond acceptors (Lipinski definition) is 5. The number of carbonyl (C=O) groups is 1. The first-order valence-electron chi connectivity index (χ1n) is 7.38. The number of hydrogen-bond donors (Lipinski definition) is 1. The lowest BCUT2D eigenvalue weighted by molar-refractivity contribution is -0.144. The number of esters is 1. The van der Waals surface area contributed by atoms with E-state index in [2.05, 4.69) is 5.32 Å². The number of carbonyl (C=O) groups excluding carboxylic acids is 1. The van der Waals surface area contributed by atoms with Gasteiger partial charge in [-0.2, -0.15) is 0 Å². The third kappa shape index (κ3) is 2.97. The van der Waals surface area contributed by atoms with Gasteiger partial charge in [-0.1, -0.05) is 13.0 Å². The van der Waals surface area contributed by atoms with E-state index in [1.165, 1.54) is 7.11 Å². The highest BCUT2D eigenvalue weighted by molar-refractivity contribution is 5.72. The van der Waals surface area contributed by atoms with E-state index in [0.717, 1.165) is 30.2 Å². The predicted octanol–water partition coefficient (Wildman–Crippen LogP) is 1.40. The SMILES string of the molecule is COC(=O)C(C)Cc1ccc2c(c1)OC(C1CNC1)CO2. The zero-order valence-corrected chi connectivity index (χ0v) is 12.4. The highest BCUT2D eigenvalue weighted by Crippen LogP contribution is 2.35. The van der Waals surface area contributed by atoms with Crippen molar-refractivity contribution in [1.29, 1.82) is 0 Å². The van der Waals surface area contributed by atoms with E-state index in [9.17, 15) is 4.79 Å². The molecule has 2 heterocycles. The summed E-state index contributed by atoms with van der Waals surface area (Å²) in [6.45, 7) is 4.45. The molecule has 2 unspecified atom stereocenters. The molecule has 1 aromatic rings. The van der Waals surface area contributed by atoms with Crippen LogP contribution >= 0.6 is 0 Å². The molecular weight excluding hydrogens is 270 g/mol. The van der Waals surface area contributed by atoms with Crippen molar-refractivity contribution < 1.29 is 19.0 Å². The van der Waals surface area contributed by atoms with Crippen LogP contribution in [0.1, 0.15) is 12.5 Å². The molecule has 5 heteroatoms. The van der Waals surface area contributed by atoms with Gasteiger partial charge in [0.25, 0.3) is 0 Å². The zero-order chi connectivity index (χ0) is 14.8. The van der Waals surface area contributed by atoms with Crippen LogP contribution in [0, 0.1) is 11.8 Å². The van der Waals surface area contributed by atoms with E-state index in [0.29, 0.717) is 18.9 Å². The van der Waals surface area contributed by atoms with Gasteiger partial charge in [0.2, 0.25) is 0 Å². The lowest BCUT2D eigenvalue weighted by Crippen LogP contribution is -2.53. The summed E-state index contributed by atoms with van der Waals surface area (Å²) in [6.07, 6.45) is 0.755. The smallest absolute Gasteiger partial charge is 0.308 e. The molecule has 2 aliphatic rings. The number of fused-ring (bicyclic) bond motifs is 1. The quantitative estimate of drug-likeness (QED) is 0.850. The van der Waals surface area contributed by atoms with E-state index >= 15 is 0 Å². The normalized spacial score (nSPS) is 22.3. The molecule has 1 fully saturated rings. The minimum Gasteiger partial charge on any atom is -0.486 e. The van der Waals surface area contributed by atoms with Crippen molar-refractivity contribution in [3.63, 3.8) is 0 Å². The fourth-order valence-corrected chi connectivity index (χ4v) is 2.70. The van der Waals surface area contributed by atoms with Crippen LogP contribution in [-0.4, -0.2) is 38.9 Å². The molecule has 0 saturated carbocycles. The first kappa shape index (κ1) is 14.2. The van der Waals surface area contributed by atoms with E-state index in [-0.39, 0.29) is 18.0 Å². The summed E-state index contributed by atoms with van der Waals surface area (Å²) in [5.74, 6) is 1.74. The molecule has 0 aromatic heterocycles. The third-order valence-electron chi connectivity index (χ3n) is 4.17. The van der Waals surface area contributed by atoms with Crippen LogP contribution in [0.15, 0.2) is 18.2 Å². The third-order valence-corrected chi connectivity index (χ3v) is 4.17. The second-order valence-corrected chi connectivity index (χ2v) is 5.80. The summed E-state index contributed by atoms with van der Waals surface area (Å²) in [6, 6.07) is 5.88. The Morgan fingerprint density at radius 2 is 2.24 bits per heavy atom. The standard InChI is InChI=1S/C16H21NO4/c1-10(16(18)19-2)5-11-3-4-13-14(6-11)21-15(9-20-13)12-7-17-8-12/h3-4,6,10,12,15,17H,5,7-9H2,1-2H3. The van der Waals surface area contributed by atoms with E-state index in [1.807, 2.05) is 25.1 Å². The Labute approximate surface area is 124 Å². The Bertz CT molecular complexity index is 527. The Hall–Kier alpha value is -1.75.